The third kappa shape index (κ3) is 2.74. The van der Waals surface area contributed by atoms with Gasteiger partial charge in [-0.1, -0.05) is 0 Å². The largest absolute Gasteiger partial charge is 0.372 e. The average molecular weight is 290 g/mol. The van der Waals surface area contributed by atoms with Crippen molar-refractivity contribution in [2.75, 3.05) is 17.7 Å². The summed E-state index contributed by atoms with van der Waals surface area (Å²) in [4.78, 5) is 11.8. The molecular weight excluding hydrogens is 276 g/mol. The zero-order valence-electron chi connectivity index (χ0n) is 12.0. The summed E-state index contributed by atoms with van der Waals surface area (Å²) in [7, 11) is 1.78. The van der Waals surface area contributed by atoms with E-state index >= 15 is 0 Å². The summed E-state index contributed by atoms with van der Waals surface area (Å²) in [5, 5.41) is 15.9. The third-order valence-corrected chi connectivity index (χ3v) is 3.20. The van der Waals surface area contributed by atoms with Crippen LogP contribution in [0.4, 0.5) is 17.5 Å². The maximum atomic E-state index is 8.60. The molecule has 22 heavy (non-hydrogen) atoms. The molecule has 6 nitrogen and oxygen atoms in total. The summed E-state index contributed by atoms with van der Waals surface area (Å²) < 4.78 is 0. The quantitative estimate of drug-likeness (QED) is 0.642. The van der Waals surface area contributed by atoms with E-state index in [1.165, 1.54) is 6.08 Å². The molecular formula is C16H14N6. The molecule has 0 saturated heterocycles. The fourth-order valence-electron chi connectivity index (χ4n) is 2.16. The predicted molar refractivity (Wildman–Crippen MR) is 87.8 cm³/mol. The second kappa shape index (κ2) is 5.97. The molecule has 0 saturated carbocycles. The lowest BCUT2D eigenvalue weighted by atomic mass is 10.2. The Morgan fingerprint density at radius 1 is 1.32 bits per heavy atom. The minimum Gasteiger partial charge on any atom is -0.372 e. The molecule has 0 radical (unpaired) electrons. The Morgan fingerprint density at radius 2 is 2.23 bits per heavy atom. The van der Waals surface area contributed by atoms with Crippen LogP contribution in [0.15, 0.2) is 42.7 Å². The van der Waals surface area contributed by atoms with Crippen molar-refractivity contribution in [2.45, 2.75) is 0 Å². The van der Waals surface area contributed by atoms with Crippen LogP contribution >= 0.6 is 0 Å². The molecule has 2 aromatic heterocycles. The highest BCUT2D eigenvalue weighted by atomic mass is 15.1. The molecule has 108 valence electrons. The summed E-state index contributed by atoms with van der Waals surface area (Å²) >= 11 is 0. The second-order valence-corrected chi connectivity index (χ2v) is 4.61. The first-order chi connectivity index (χ1) is 10.8. The van der Waals surface area contributed by atoms with Crippen molar-refractivity contribution in [1.29, 1.82) is 5.26 Å². The normalized spacial score (nSPS) is 10.7. The number of H-pyrrole nitrogens is 1. The van der Waals surface area contributed by atoms with Gasteiger partial charge >= 0.3 is 0 Å². The number of benzene rings is 1. The van der Waals surface area contributed by atoms with Gasteiger partial charge in [0.25, 0.3) is 0 Å². The van der Waals surface area contributed by atoms with Crippen molar-refractivity contribution >= 4 is 34.4 Å². The number of hydrogen-bond donors (Lipinski definition) is 3. The van der Waals surface area contributed by atoms with E-state index in [0.717, 1.165) is 22.2 Å². The molecule has 0 fully saturated rings. The first kappa shape index (κ1) is 13.6. The first-order valence-electron chi connectivity index (χ1n) is 6.75. The van der Waals surface area contributed by atoms with Crippen molar-refractivity contribution in [3.8, 4) is 6.07 Å². The maximum absolute atomic E-state index is 8.60. The topological polar surface area (TPSA) is 89.4 Å². The Bertz CT molecular complexity index is 872. The first-order valence-corrected chi connectivity index (χ1v) is 6.75. The van der Waals surface area contributed by atoms with E-state index in [1.807, 2.05) is 36.5 Å². The van der Waals surface area contributed by atoms with Crippen LogP contribution in [-0.4, -0.2) is 22.0 Å². The van der Waals surface area contributed by atoms with Gasteiger partial charge in [-0.3, -0.25) is 0 Å². The highest BCUT2D eigenvalue weighted by molar-refractivity contribution is 5.83. The van der Waals surface area contributed by atoms with Crippen molar-refractivity contribution in [3.63, 3.8) is 0 Å². The van der Waals surface area contributed by atoms with Crippen LogP contribution in [0.5, 0.6) is 0 Å². The maximum Gasteiger partial charge on any atom is 0.229 e. The van der Waals surface area contributed by atoms with Crippen LogP contribution in [0.3, 0.4) is 0 Å². The standard InChI is InChI=1S/C16H14N6/c1-18-15-12(3-2-7-17)10-20-16(22-15)21-13-4-5-14-11(9-13)6-8-19-14/h2-6,8-10,19H,1H3,(H2,18,20,21,22)/b3-2+. The number of hydrogen-bond acceptors (Lipinski definition) is 5. The van der Waals surface area contributed by atoms with Crippen LogP contribution in [-0.2, 0) is 0 Å². The molecule has 6 heteroatoms. The number of nitrogens with zero attached hydrogens (tertiary/aromatic N) is 3. The van der Waals surface area contributed by atoms with Crippen molar-refractivity contribution in [2.24, 2.45) is 0 Å². The summed E-state index contributed by atoms with van der Waals surface area (Å²) in [6, 6.07) is 9.95. The van der Waals surface area contributed by atoms with Gasteiger partial charge in [0, 0.05) is 47.7 Å². The Morgan fingerprint density at radius 3 is 3.05 bits per heavy atom. The lowest BCUT2D eigenvalue weighted by Gasteiger charge is -2.08. The minimum absolute atomic E-state index is 0.494. The zero-order valence-corrected chi connectivity index (χ0v) is 12.0. The van der Waals surface area contributed by atoms with Gasteiger partial charge in [-0.25, -0.2) is 4.98 Å². The number of aromatic nitrogens is 3. The van der Waals surface area contributed by atoms with E-state index in [4.69, 9.17) is 5.26 Å². The van der Waals surface area contributed by atoms with Crippen LogP contribution < -0.4 is 10.6 Å². The van der Waals surface area contributed by atoms with E-state index in [9.17, 15) is 0 Å². The SMILES string of the molecule is CNc1nc(Nc2ccc3[nH]ccc3c2)ncc1/C=C/C#N. The molecule has 0 aliphatic carbocycles. The average Bonchev–Trinajstić information content (AvgIpc) is 3.01. The van der Waals surface area contributed by atoms with Crippen LogP contribution in [0.25, 0.3) is 17.0 Å². The molecule has 0 spiro atoms. The Balaban J connectivity index is 1.88. The lowest BCUT2D eigenvalue weighted by molar-refractivity contribution is 1.15. The van der Waals surface area contributed by atoms with Gasteiger partial charge < -0.3 is 15.6 Å². The fourth-order valence-corrected chi connectivity index (χ4v) is 2.16. The van der Waals surface area contributed by atoms with Gasteiger partial charge in [-0.15, -0.1) is 0 Å². The van der Waals surface area contributed by atoms with Crippen molar-refractivity contribution in [1.82, 2.24) is 15.0 Å². The van der Waals surface area contributed by atoms with Crippen LogP contribution in [0.2, 0.25) is 0 Å². The van der Waals surface area contributed by atoms with Gasteiger partial charge in [0.2, 0.25) is 5.95 Å². The van der Waals surface area contributed by atoms with Crippen molar-refractivity contribution < 1.29 is 0 Å². The van der Waals surface area contributed by atoms with Crippen LogP contribution in [0.1, 0.15) is 5.56 Å². The number of rotatable bonds is 4. The van der Waals surface area contributed by atoms with E-state index in [-0.39, 0.29) is 0 Å². The summed E-state index contributed by atoms with van der Waals surface area (Å²) in [5.74, 6) is 1.15. The van der Waals surface area contributed by atoms with Gasteiger partial charge in [-0.05, 0) is 30.3 Å². The lowest BCUT2D eigenvalue weighted by Crippen LogP contribution is -2.02. The molecule has 2 heterocycles. The van der Waals surface area contributed by atoms with Crippen molar-refractivity contribution in [3.05, 3.63) is 48.3 Å². The molecule has 0 amide bonds. The zero-order chi connectivity index (χ0) is 15.4. The van der Waals surface area contributed by atoms with Gasteiger partial charge in [-0.2, -0.15) is 10.2 Å². The van der Waals surface area contributed by atoms with Crippen LogP contribution in [0, 0.1) is 11.3 Å². The van der Waals surface area contributed by atoms with E-state index in [1.54, 1.807) is 19.3 Å². The summed E-state index contributed by atoms with van der Waals surface area (Å²) in [6.45, 7) is 0. The van der Waals surface area contributed by atoms with E-state index in [2.05, 4.69) is 25.6 Å². The molecule has 0 bridgehead atoms. The molecule has 3 N–H and O–H groups in total. The summed E-state index contributed by atoms with van der Waals surface area (Å²) in [5.41, 5.74) is 2.75. The number of allylic oxidation sites excluding steroid dienone is 1. The van der Waals surface area contributed by atoms with Gasteiger partial charge in [0.1, 0.15) is 5.82 Å². The number of aromatic amines is 1. The molecule has 0 aliphatic heterocycles. The number of anilines is 3. The summed E-state index contributed by atoms with van der Waals surface area (Å²) in [6.07, 6.45) is 6.64. The molecule has 3 rings (SSSR count). The van der Waals surface area contributed by atoms with E-state index in [0.29, 0.717) is 11.8 Å². The molecule has 0 atom stereocenters. The Hall–Kier alpha value is -3.33. The molecule has 3 aromatic rings. The van der Waals surface area contributed by atoms with E-state index < -0.39 is 0 Å². The molecule has 0 unspecified atom stereocenters. The minimum atomic E-state index is 0.494. The fraction of sp³-hybridized carbons (Fsp3) is 0.0625. The number of nitrogens with one attached hydrogen (secondary N) is 3. The number of nitriles is 1. The Kier molecular flexibility index (Phi) is 3.70. The smallest absolute Gasteiger partial charge is 0.229 e. The third-order valence-electron chi connectivity index (χ3n) is 3.20. The molecule has 1 aromatic carbocycles. The Labute approximate surface area is 127 Å². The highest BCUT2D eigenvalue weighted by Gasteiger charge is 2.05. The molecule has 0 aliphatic rings. The monoisotopic (exact) mass is 290 g/mol. The number of fused-ring (bicyclic) bond motifs is 1. The van der Waals surface area contributed by atoms with Gasteiger partial charge in [0.05, 0.1) is 6.07 Å². The van der Waals surface area contributed by atoms with Gasteiger partial charge in [0.15, 0.2) is 0 Å². The second-order valence-electron chi connectivity index (χ2n) is 4.61. The predicted octanol–water partition coefficient (Wildman–Crippen LogP) is 3.28. The highest BCUT2D eigenvalue weighted by Crippen LogP contribution is 2.21.